The van der Waals surface area contributed by atoms with Crippen LogP contribution in [0.15, 0.2) is 23.1 Å². The Morgan fingerprint density at radius 1 is 1.67 bits per heavy atom. The summed E-state index contributed by atoms with van der Waals surface area (Å²) in [7, 11) is 1.49. The number of anilines is 1. The molecule has 0 fully saturated rings. The molecule has 1 aromatic carbocycles. The van der Waals surface area contributed by atoms with Gasteiger partial charge in [0.05, 0.1) is 24.2 Å². The third-order valence-electron chi connectivity index (χ3n) is 1.76. The molecule has 0 aromatic heterocycles. The van der Waals surface area contributed by atoms with Crippen LogP contribution in [0, 0.1) is 12.3 Å². The third-order valence-corrected chi connectivity index (χ3v) is 2.41. The minimum Gasteiger partial charge on any atom is -0.495 e. The molecule has 0 amide bonds. The molecule has 0 bridgehead atoms. The first-order valence-electron chi connectivity index (χ1n) is 4.15. The van der Waals surface area contributed by atoms with Gasteiger partial charge in [0.2, 0.25) is 0 Å². The van der Waals surface area contributed by atoms with Crippen molar-refractivity contribution in [2.45, 2.75) is 4.90 Å². The minimum absolute atomic E-state index is 0.290. The maximum absolute atomic E-state index is 10.8. The lowest BCUT2D eigenvalue weighted by Gasteiger charge is -2.09. The SMILES string of the molecule is C#CCNc1ccc(S(=O)O)cc1OC. The van der Waals surface area contributed by atoms with Crippen LogP contribution in [0.3, 0.4) is 0 Å². The van der Waals surface area contributed by atoms with Crippen LogP contribution in [0.4, 0.5) is 5.69 Å². The molecule has 1 atom stereocenters. The zero-order valence-electron chi connectivity index (χ0n) is 8.19. The number of hydrogen-bond donors (Lipinski definition) is 2. The van der Waals surface area contributed by atoms with E-state index in [1.54, 1.807) is 6.07 Å². The van der Waals surface area contributed by atoms with E-state index in [0.717, 1.165) is 0 Å². The molecular weight excluding hydrogens is 214 g/mol. The van der Waals surface area contributed by atoms with Crippen molar-refractivity contribution < 1.29 is 13.5 Å². The number of methoxy groups -OCH3 is 1. The predicted octanol–water partition coefficient (Wildman–Crippen LogP) is 1.32. The molecule has 80 valence electrons. The molecule has 0 aliphatic carbocycles. The van der Waals surface area contributed by atoms with Gasteiger partial charge in [0.1, 0.15) is 5.75 Å². The molecule has 15 heavy (non-hydrogen) atoms. The van der Waals surface area contributed by atoms with Gasteiger partial charge in [-0.3, -0.25) is 0 Å². The van der Waals surface area contributed by atoms with Gasteiger partial charge in [0.25, 0.3) is 0 Å². The fourth-order valence-corrected chi connectivity index (χ4v) is 1.46. The van der Waals surface area contributed by atoms with Crippen LogP contribution < -0.4 is 10.1 Å². The summed E-state index contributed by atoms with van der Waals surface area (Å²) in [6, 6.07) is 4.69. The second kappa shape index (κ2) is 5.39. The van der Waals surface area contributed by atoms with E-state index in [4.69, 9.17) is 15.7 Å². The molecule has 0 saturated carbocycles. The highest BCUT2D eigenvalue weighted by molar-refractivity contribution is 7.79. The van der Waals surface area contributed by atoms with Crippen molar-refractivity contribution in [3.05, 3.63) is 18.2 Å². The number of hydrogen-bond acceptors (Lipinski definition) is 3. The molecule has 1 unspecified atom stereocenters. The Kier molecular flexibility index (Phi) is 4.16. The first-order chi connectivity index (χ1) is 7.19. The molecule has 4 nitrogen and oxygen atoms in total. The molecule has 1 aromatic rings. The summed E-state index contributed by atoms with van der Waals surface area (Å²) in [6.45, 7) is 0.373. The van der Waals surface area contributed by atoms with Crippen LogP contribution in [0.5, 0.6) is 5.75 Å². The molecule has 0 radical (unpaired) electrons. The molecule has 0 spiro atoms. The monoisotopic (exact) mass is 225 g/mol. The van der Waals surface area contributed by atoms with Gasteiger partial charge >= 0.3 is 0 Å². The first-order valence-corrected chi connectivity index (χ1v) is 5.26. The quantitative estimate of drug-likeness (QED) is 0.599. The Labute approximate surface area is 90.9 Å². The largest absolute Gasteiger partial charge is 0.495 e. The van der Waals surface area contributed by atoms with Crippen molar-refractivity contribution in [1.82, 2.24) is 0 Å². The van der Waals surface area contributed by atoms with Crippen LogP contribution in [-0.4, -0.2) is 22.4 Å². The van der Waals surface area contributed by atoms with Gasteiger partial charge in [-0.05, 0) is 12.1 Å². The van der Waals surface area contributed by atoms with Crippen LogP contribution in [0.1, 0.15) is 0 Å². The van der Waals surface area contributed by atoms with Crippen molar-refractivity contribution in [2.24, 2.45) is 0 Å². The van der Waals surface area contributed by atoms with E-state index < -0.39 is 11.1 Å². The third kappa shape index (κ3) is 2.98. The van der Waals surface area contributed by atoms with E-state index >= 15 is 0 Å². The van der Waals surface area contributed by atoms with E-state index in [0.29, 0.717) is 18.0 Å². The number of ether oxygens (including phenoxy) is 1. The summed E-state index contributed by atoms with van der Waals surface area (Å²) in [5.41, 5.74) is 0.699. The summed E-state index contributed by atoms with van der Waals surface area (Å²) in [4.78, 5) is 0.290. The number of terminal acetylenes is 1. The van der Waals surface area contributed by atoms with E-state index in [9.17, 15) is 4.21 Å². The first kappa shape index (κ1) is 11.6. The van der Waals surface area contributed by atoms with E-state index in [-0.39, 0.29) is 4.90 Å². The molecular formula is C10H11NO3S. The van der Waals surface area contributed by atoms with Crippen molar-refractivity contribution in [3.63, 3.8) is 0 Å². The van der Waals surface area contributed by atoms with Gasteiger partial charge in [-0.25, -0.2) is 4.21 Å². The van der Waals surface area contributed by atoms with Crippen LogP contribution in [0.25, 0.3) is 0 Å². The topological polar surface area (TPSA) is 58.6 Å². The molecule has 0 aliphatic rings. The number of rotatable bonds is 4. The Balaban J connectivity index is 2.99. The molecule has 0 aliphatic heterocycles. The van der Waals surface area contributed by atoms with Crippen molar-refractivity contribution in [3.8, 4) is 18.1 Å². The summed E-state index contributed by atoms with van der Waals surface area (Å²) in [5.74, 6) is 2.92. The minimum atomic E-state index is -2.00. The second-order valence-corrected chi connectivity index (χ2v) is 3.64. The summed E-state index contributed by atoms with van der Waals surface area (Å²) in [5, 5.41) is 2.94. The van der Waals surface area contributed by atoms with E-state index in [1.807, 2.05) is 0 Å². The highest BCUT2D eigenvalue weighted by atomic mass is 32.2. The van der Waals surface area contributed by atoms with Crippen molar-refractivity contribution >= 4 is 16.8 Å². The predicted molar refractivity (Wildman–Crippen MR) is 59.4 cm³/mol. The lowest BCUT2D eigenvalue weighted by molar-refractivity contribution is 0.415. The van der Waals surface area contributed by atoms with Gasteiger partial charge in [-0.15, -0.1) is 6.42 Å². The standard InChI is InChI=1S/C10H11NO3S/c1-3-6-11-9-5-4-8(15(12)13)7-10(9)14-2/h1,4-5,7,11H,6H2,2H3,(H,12,13). The van der Waals surface area contributed by atoms with Crippen LogP contribution in [0.2, 0.25) is 0 Å². The van der Waals surface area contributed by atoms with Gasteiger partial charge in [-0.1, -0.05) is 5.92 Å². The average Bonchev–Trinajstić information content (AvgIpc) is 2.25. The lowest BCUT2D eigenvalue weighted by atomic mass is 10.3. The van der Waals surface area contributed by atoms with E-state index in [1.165, 1.54) is 19.2 Å². The molecule has 0 heterocycles. The van der Waals surface area contributed by atoms with Gasteiger partial charge in [-0.2, -0.15) is 0 Å². The molecule has 0 saturated heterocycles. The summed E-state index contributed by atoms with van der Waals surface area (Å²) in [6.07, 6.45) is 5.10. The highest BCUT2D eigenvalue weighted by Gasteiger charge is 2.06. The number of benzene rings is 1. The molecule has 1 rings (SSSR count). The van der Waals surface area contributed by atoms with Crippen LogP contribution >= 0.6 is 0 Å². The summed E-state index contributed by atoms with van der Waals surface area (Å²) >= 11 is -2.00. The Morgan fingerprint density at radius 3 is 2.93 bits per heavy atom. The smallest absolute Gasteiger partial charge is 0.186 e. The maximum atomic E-state index is 10.8. The zero-order chi connectivity index (χ0) is 11.3. The van der Waals surface area contributed by atoms with Gasteiger partial charge < -0.3 is 14.6 Å². The molecule has 5 heteroatoms. The maximum Gasteiger partial charge on any atom is 0.186 e. The summed E-state index contributed by atoms with van der Waals surface area (Å²) < 4.78 is 24.7. The zero-order valence-corrected chi connectivity index (χ0v) is 9.00. The fraction of sp³-hybridized carbons (Fsp3) is 0.200. The average molecular weight is 225 g/mol. The normalized spacial score (nSPS) is 11.5. The van der Waals surface area contributed by atoms with Crippen molar-refractivity contribution in [1.29, 1.82) is 0 Å². The second-order valence-electron chi connectivity index (χ2n) is 2.67. The van der Waals surface area contributed by atoms with Gasteiger partial charge in [0.15, 0.2) is 11.1 Å². The number of nitrogens with one attached hydrogen (secondary N) is 1. The van der Waals surface area contributed by atoms with Gasteiger partial charge in [0, 0.05) is 6.07 Å². The Bertz CT molecular complexity index is 412. The Hall–Kier alpha value is -1.51. The fourth-order valence-electron chi connectivity index (χ4n) is 1.07. The van der Waals surface area contributed by atoms with Crippen LogP contribution in [-0.2, 0) is 11.1 Å². The van der Waals surface area contributed by atoms with E-state index in [2.05, 4.69) is 11.2 Å². The van der Waals surface area contributed by atoms with Crippen molar-refractivity contribution in [2.75, 3.05) is 19.0 Å². The highest BCUT2D eigenvalue weighted by Crippen LogP contribution is 2.26. The lowest BCUT2D eigenvalue weighted by Crippen LogP contribution is -2.01. The Morgan fingerprint density at radius 2 is 2.40 bits per heavy atom. The molecule has 2 N–H and O–H groups in total.